The first-order valence-corrected chi connectivity index (χ1v) is 19.7. The van der Waals surface area contributed by atoms with Crippen LogP contribution in [0.4, 0.5) is 22.7 Å². The highest BCUT2D eigenvalue weighted by molar-refractivity contribution is 5.80. The molecule has 8 heteroatoms. The molecule has 0 aliphatic rings. The largest absolute Gasteiger partial charge is 0.484 e. The third-order valence-electron chi connectivity index (χ3n) is 7.21. The molecular weight excluding hydrogens is 701 g/mol. The lowest BCUT2D eigenvalue weighted by Gasteiger charge is -2.40. The van der Waals surface area contributed by atoms with Gasteiger partial charge in [0.15, 0.2) is 34.5 Å². The van der Waals surface area contributed by atoms with Gasteiger partial charge in [0.05, 0.1) is 22.7 Å². The van der Waals surface area contributed by atoms with E-state index in [0.717, 1.165) is 22.7 Å². The highest BCUT2D eigenvalue weighted by Crippen LogP contribution is 2.46. The zero-order valence-corrected chi connectivity index (χ0v) is 37.4. The number of benzene rings is 4. The molecule has 0 bridgehead atoms. The number of hydrogen-bond acceptors (Lipinski definition) is 8. The molecule has 306 valence electrons. The van der Waals surface area contributed by atoms with Crippen molar-refractivity contribution in [2.45, 2.75) is 158 Å². The van der Waals surface area contributed by atoms with Crippen LogP contribution in [0.1, 0.15) is 125 Å². The van der Waals surface area contributed by atoms with Crippen molar-refractivity contribution >= 4 is 22.7 Å². The molecule has 0 atom stereocenters. The first-order valence-electron chi connectivity index (χ1n) is 19.7. The van der Waals surface area contributed by atoms with E-state index in [0.29, 0.717) is 34.5 Å². The molecule has 8 nitrogen and oxygen atoms in total. The summed E-state index contributed by atoms with van der Waals surface area (Å²) in [6.07, 6.45) is 0. The van der Waals surface area contributed by atoms with Crippen LogP contribution in [0.15, 0.2) is 84.9 Å². The van der Waals surface area contributed by atoms with E-state index in [2.05, 4.69) is 40.3 Å². The van der Waals surface area contributed by atoms with Crippen molar-refractivity contribution in [2.75, 3.05) is 10.0 Å². The molecule has 4 rings (SSSR count). The van der Waals surface area contributed by atoms with Crippen molar-refractivity contribution in [2.24, 2.45) is 0 Å². The van der Waals surface area contributed by atoms with Gasteiger partial charge in [0.1, 0.15) is 33.6 Å². The van der Waals surface area contributed by atoms with Crippen LogP contribution >= 0.6 is 0 Å². The molecule has 0 fully saturated rings. The van der Waals surface area contributed by atoms with Crippen molar-refractivity contribution in [3.05, 3.63) is 84.9 Å². The van der Waals surface area contributed by atoms with Crippen LogP contribution in [0.2, 0.25) is 0 Å². The molecule has 0 aromatic heterocycles. The summed E-state index contributed by atoms with van der Waals surface area (Å²) in [5.74, 6) is 3.82. The van der Waals surface area contributed by atoms with E-state index in [1.54, 1.807) is 0 Å². The number of nitrogens with zero attached hydrogens (tertiary/aromatic N) is 2. The van der Waals surface area contributed by atoms with Crippen LogP contribution in [-0.2, 0) is 0 Å². The van der Waals surface area contributed by atoms with Crippen molar-refractivity contribution in [1.82, 2.24) is 0 Å². The maximum atomic E-state index is 6.64. The molecule has 4 aromatic carbocycles. The minimum atomic E-state index is -0.500. The maximum Gasteiger partial charge on any atom is 0.164 e. The zero-order valence-electron chi connectivity index (χ0n) is 37.4. The third-order valence-corrected chi connectivity index (χ3v) is 7.21. The Labute approximate surface area is 338 Å². The van der Waals surface area contributed by atoms with Gasteiger partial charge < -0.3 is 28.4 Å². The second kappa shape index (κ2) is 16.0. The smallest absolute Gasteiger partial charge is 0.164 e. The Morgan fingerprint density at radius 3 is 0.750 bits per heavy atom. The van der Waals surface area contributed by atoms with Crippen LogP contribution in [0.5, 0.6) is 34.5 Å². The first kappa shape index (κ1) is 44.0. The highest BCUT2D eigenvalue weighted by atomic mass is 16.6. The van der Waals surface area contributed by atoms with Gasteiger partial charge in [-0.3, -0.25) is 0 Å². The Bertz CT molecular complexity index is 1830. The zero-order chi connectivity index (χ0) is 42.1. The van der Waals surface area contributed by atoms with Crippen molar-refractivity contribution in [3.63, 3.8) is 0 Å². The van der Waals surface area contributed by atoms with Gasteiger partial charge in [-0.15, -0.1) is 0 Å². The van der Waals surface area contributed by atoms with Crippen LogP contribution in [0.25, 0.3) is 0 Å². The Balaban J connectivity index is 2.13. The quantitative estimate of drug-likeness (QED) is 0.140. The Kier molecular flexibility index (Phi) is 12.6. The summed E-state index contributed by atoms with van der Waals surface area (Å²) in [7, 11) is 0. The summed E-state index contributed by atoms with van der Waals surface area (Å²) in [5.41, 5.74) is 0.534. The molecule has 0 heterocycles. The number of para-hydroxylation sites is 1. The lowest BCUT2D eigenvalue weighted by atomic mass is 10.1. The predicted molar refractivity (Wildman–Crippen MR) is 232 cm³/mol. The van der Waals surface area contributed by atoms with Gasteiger partial charge in [0, 0.05) is 18.2 Å². The number of anilines is 4. The molecule has 0 saturated carbocycles. The normalized spacial score (nSPS) is 12.8. The molecule has 0 saturated heterocycles. The number of ether oxygens (including phenoxy) is 6. The molecule has 0 unspecified atom stereocenters. The molecule has 0 aliphatic carbocycles. The van der Waals surface area contributed by atoms with Gasteiger partial charge in [-0.05, 0) is 173 Å². The summed E-state index contributed by atoms with van der Waals surface area (Å²) in [5, 5.41) is 4.32. The maximum absolute atomic E-state index is 6.64. The number of hydrazine groups is 1. The van der Waals surface area contributed by atoms with Crippen LogP contribution in [0.3, 0.4) is 0 Å². The SMILES string of the molecule is CC(C)(C)Oc1ccc(N(c2ccccc2)N(c2ccc(OC(C)(C)C)c(OC(C)(C)C)c2)c2ccc(OC(C)(C)C)c(OC(C)(C)C)c2)cc1OC(C)(C)C. The predicted octanol–water partition coefficient (Wildman–Crippen LogP) is 13.6. The first-order chi connectivity index (χ1) is 25.5. The molecule has 0 radical (unpaired) electrons. The molecule has 56 heavy (non-hydrogen) atoms. The fourth-order valence-corrected chi connectivity index (χ4v) is 5.69. The molecule has 0 spiro atoms. The number of hydrogen-bond donors (Lipinski definition) is 0. The van der Waals surface area contributed by atoms with Crippen LogP contribution < -0.4 is 38.4 Å². The van der Waals surface area contributed by atoms with Crippen molar-refractivity contribution in [3.8, 4) is 34.5 Å². The Morgan fingerprint density at radius 2 is 0.500 bits per heavy atom. The average molecular weight is 769 g/mol. The van der Waals surface area contributed by atoms with E-state index in [1.165, 1.54) is 0 Å². The monoisotopic (exact) mass is 769 g/mol. The minimum absolute atomic E-state index is 0.441. The summed E-state index contributed by atoms with van der Waals surface area (Å²) in [6, 6.07) is 28.5. The summed E-state index contributed by atoms with van der Waals surface area (Å²) in [6.45, 7) is 36.7. The molecule has 0 N–H and O–H groups in total. The fraction of sp³-hybridized carbons (Fsp3) is 0.500. The Morgan fingerprint density at radius 1 is 0.268 bits per heavy atom. The van der Waals surface area contributed by atoms with E-state index >= 15 is 0 Å². The molecule has 0 aliphatic heterocycles. The standard InChI is InChI=1S/C48H68N2O6/c1-43(2,3)51-37-27-24-34(30-40(37)54-46(10,11)12)49(33-22-20-19-21-23-33)50(35-25-28-38(52-44(4,5)6)41(31-35)55-47(13,14)15)36-26-29-39(53-45(7,8)9)42(32-36)56-48(16,17)18/h19-32H,1-18H3. The second-order valence-electron chi connectivity index (χ2n) is 20.1. The fourth-order valence-electron chi connectivity index (χ4n) is 5.69. The lowest BCUT2D eigenvalue weighted by molar-refractivity contribution is 0.0957. The van der Waals surface area contributed by atoms with E-state index in [-0.39, 0.29) is 0 Å². The molecule has 0 amide bonds. The lowest BCUT2D eigenvalue weighted by Crippen LogP contribution is -2.36. The summed E-state index contributed by atoms with van der Waals surface area (Å²) >= 11 is 0. The van der Waals surface area contributed by atoms with Crippen LogP contribution in [0, 0.1) is 0 Å². The third kappa shape index (κ3) is 13.5. The van der Waals surface area contributed by atoms with E-state index < -0.39 is 33.6 Å². The average Bonchev–Trinajstić information content (AvgIpc) is 2.99. The summed E-state index contributed by atoms with van der Waals surface area (Å²) in [4.78, 5) is 0. The molecule has 4 aromatic rings. The summed E-state index contributed by atoms with van der Waals surface area (Å²) < 4.78 is 39.3. The van der Waals surface area contributed by atoms with Crippen molar-refractivity contribution in [1.29, 1.82) is 0 Å². The van der Waals surface area contributed by atoms with Gasteiger partial charge in [-0.25, -0.2) is 10.0 Å². The van der Waals surface area contributed by atoms with Gasteiger partial charge in [-0.2, -0.15) is 0 Å². The highest BCUT2D eigenvalue weighted by Gasteiger charge is 2.30. The Hall–Kier alpha value is -4.72. The van der Waals surface area contributed by atoms with Gasteiger partial charge in [0.2, 0.25) is 0 Å². The van der Waals surface area contributed by atoms with E-state index in [9.17, 15) is 0 Å². The number of rotatable bonds is 11. The van der Waals surface area contributed by atoms with Crippen LogP contribution in [-0.4, -0.2) is 33.6 Å². The van der Waals surface area contributed by atoms with E-state index in [4.69, 9.17) is 28.4 Å². The second-order valence-corrected chi connectivity index (χ2v) is 20.1. The van der Waals surface area contributed by atoms with Gasteiger partial charge in [0.25, 0.3) is 0 Å². The topological polar surface area (TPSA) is 61.9 Å². The van der Waals surface area contributed by atoms with E-state index in [1.807, 2.05) is 179 Å². The van der Waals surface area contributed by atoms with Gasteiger partial charge >= 0.3 is 0 Å². The van der Waals surface area contributed by atoms with Gasteiger partial charge in [-0.1, -0.05) is 18.2 Å². The molecular formula is C48H68N2O6. The van der Waals surface area contributed by atoms with Crippen molar-refractivity contribution < 1.29 is 28.4 Å². The minimum Gasteiger partial charge on any atom is -0.484 e.